The highest BCUT2D eigenvalue weighted by atomic mass is 35.5. The van der Waals surface area contributed by atoms with E-state index >= 15 is 0 Å². The first-order valence-electron chi connectivity index (χ1n) is 6.24. The number of aliphatic imine (C=N–C) groups is 1. The SMILES string of the molecule is CN1CCN=C1NCC(C)(C)c1cccc(Cl)c1. The van der Waals surface area contributed by atoms with Crippen LogP contribution in [0, 0.1) is 0 Å². The normalized spacial score (nSPS) is 15.8. The van der Waals surface area contributed by atoms with E-state index in [2.05, 4.69) is 42.2 Å². The van der Waals surface area contributed by atoms with Crippen molar-refractivity contribution in [1.82, 2.24) is 10.2 Å². The fourth-order valence-electron chi connectivity index (χ4n) is 2.03. The van der Waals surface area contributed by atoms with Crippen LogP contribution in [-0.4, -0.2) is 37.5 Å². The fourth-order valence-corrected chi connectivity index (χ4v) is 2.23. The van der Waals surface area contributed by atoms with Crippen LogP contribution in [0.15, 0.2) is 29.3 Å². The van der Waals surface area contributed by atoms with E-state index < -0.39 is 0 Å². The molecule has 3 nitrogen and oxygen atoms in total. The number of benzene rings is 1. The molecule has 0 saturated heterocycles. The van der Waals surface area contributed by atoms with Gasteiger partial charge in [0, 0.05) is 30.6 Å². The molecule has 0 aliphatic carbocycles. The molecule has 0 saturated carbocycles. The first kappa shape index (κ1) is 13.2. The van der Waals surface area contributed by atoms with Crippen LogP contribution in [0.3, 0.4) is 0 Å². The Morgan fingerprint density at radius 1 is 1.44 bits per heavy atom. The number of rotatable bonds is 3. The van der Waals surface area contributed by atoms with Gasteiger partial charge >= 0.3 is 0 Å². The third-order valence-electron chi connectivity index (χ3n) is 3.35. The molecule has 18 heavy (non-hydrogen) atoms. The Morgan fingerprint density at radius 2 is 2.22 bits per heavy atom. The number of nitrogens with zero attached hydrogens (tertiary/aromatic N) is 2. The van der Waals surface area contributed by atoms with Gasteiger partial charge in [0.05, 0.1) is 6.54 Å². The number of nitrogens with one attached hydrogen (secondary N) is 1. The summed E-state index contributed by atoms with van der Waals surface area (Å²) in [7, 11) is 2.06. The van der Waals surface area contributed by atoms with Crippen LogP contribution in [0.25, 0.3) is 0 Å². The van der Waals surface area contributed by atoms with Crippen molar-refractivity contribution in [1.29, 1.82) is 0 Å². The van der Waals surface area contributed by atoms with Crippen molar-refractivity contribution in [3.05, 3.63) is 34.9 Å². The predicted octanol–water partition coefficient (Wildman–Crippen LogP) is 2.51. The lowest BCUT2D eigenvalue weighted by Crippen LogP contribution is -2.42. The van der Waals surface area contributed by atoms with Crippen LogP contribution in [0.4, 0.5) is 0 Å². The van der Waals surface area contributed by atoms with E-state index in [1.807, 2.05) is 18.2 Å². The zero-order chi connectivity index (χ0) is 13.2. The Kier molecular flexibility index (Phi) is 3.81. The molecule has 0 radical (unpaired) electrons. The molecule has 1 aliphatic rings. The van der Waals surface area contributed by atoms with Gasteiger partial charge in [-0.05, 0) is 17.7 Å². The van der Waals surface area contributed by atoms with E-state index in [1.54, 1.807) is 0 Å². The van der Waals surface area contributed by atoms with Gasteiger partial charge in [-0.3, -0.25) is 4.99 Å². The molecule has 1 heterocycles. The molecule has 0 fully saturated rings. The van der Waals surface area contributed by atoms with Crippen molar-refractivity contribution in [3.8, 4) is 0 Å². The van der Waals surface area contributed by atoms with Gasteiger partial charge in [0.25, 0.3) is 0 Å². The quantitative estimate of drug-likeness (QED) is 0.909. The minimum Gasteiger partial charge on any atom is -0.355 e. The van der Waals surface area contributed by atoms with Crippen molar-refractivity contribution >= 4 is 17.6 Å². The van der Waals surface area contributed by atoms with Crippen LogP contribution < -0.4 is 5.32 Å². The Morgan fingerprint density at radius 3 is 2.83 bits per heavy atom. The summed E-state index contributed by atoms with van der Waals surface area (Å²) in [5.41, 5.74) is 1.26. The van der Waals surface area contributed by atoms with Crippen LogP contribution in [-0.2, 0) is 5.41 Å². The van der Waals surface area contributed by atoms with Gasteiger partial charge in [-0.2, -0.15) is 0 Å². The van der Waals surface area contributed by atoms with E-state index in [0.29, 0.717) is 0 Å². The number of likely N-dealkylation sites (N-methyl/N-ethyl adjacent to an activating group) is 1. The second-order valence-corrected chi connectivity index (χ2v) is 5.81. The van der Waals surface area contributed by atoms with Crippen LogP contribution in [0.5, 0.6) is 0 Å². The average molecular weight is 266 g/mol. The summed E-state index contributed by atoms with van der Waals surface area (Å²) in [6, 6.07) is 8.05. The smallest absolute Gasteiger partial charge is 0.193 e. The molecule has 0 atom stereocenters. The Labute approximate surface area is 114 Å². The van der Waals surface area contributed by atoms with E-state index in [4.69, 9.17) is 11.6 Å². The summed E-state index contributed by atoms with van der Waals surface area (Å²) in [4.78, 5) is 6.58. The molecule has 1 aromatic carbocycles. The molecule has 0 bridgehead atoms. The summed E-state index contributed by atoms with van der Waals surface area (Å²) >= 11 is 6.05. The third-order valence-corrected chi connectivity index (χ3v) is 3.59. The predicted molar refractivity (Wildman–Crippen MR) is 77.4 cm³/mol. The molecule has 0 unspecified atom stereocenters. The van der Waals surface area contributed by atoms with Crippen molar-refractivity contribution in [2.24, 2.45) is 4.99 Å². The molecule has 1 aromatic rings. The maximum atomic E-state index is 6.05. The van der Waals surface area contributed by atoms with Gasteiger partial charge in [0.2, 0.25) is 0 Å². The Bertz CT molecular complexity index is 454. The number of halogens is 1. The molecule has 98 valence electrons. The van der Waals surface area contributed by atoms with E-state index in [-0.39, 0.29) is 5.41 Å². The fraction of sp³-hybridized carbons (Fsp3) is 0.500. The Balaban J connectivity index is 2.03. The highest BCUT2D eigenvalue weighted by Crippen LogP contribution is 2.24. The highest BCUT2D eigenvalue weighted by molar-refractivity contribution is 6.30. The highest BCUT2D eigenvalue weighted by Gasteiger charge is 2.22. The summed E-state index contributed by atoms with van der Waals surface area (Å²) in [5.74, 6) is 0.991. The second-order valence-electron chi connectivity index (χ2n) is 5.37. The molecular weight excluding hydrogens is 246 g/mol. The maximum Gasteiger partial charge on any atom is 0.193 e. The van der Waals surface area contributed by atoms with Gasteiger partial charge < -0.3 is 10.2 Å². The van der Waals surface area contributed by atoms with Crippen molar-refractivity contribution in [2.75, 3.05) is 26.7 Å². The van der Waals surface area contributed by atoms with Crippen molar-refractivity contribution in [3.63, 3.8) is 0 Å². The molecule has 1 aliphatic heterocycles. The summed E-state index contributed by atoms with van der Waals surface area (Å²) in [6.07, 6.45) is 0. The van der Waals surface area contributed by atoms with Crippen molar-refractivity contribution < 1.29 is 0 Å². The lowest BCUT2D eigenvalue weighted by atomic mass is 9.84. The zero-order valence-corrected chi connectivity index (χ0v) is 12.0. The topological polar surface area (TPSA) is 27.6 Å². The summed E-state index contributed by atoms with van der Waals surface area (Å²) in [6.45, 7) is 7.15. The van der Waals surface area contributed by atoms with Crippen LogP contribution in [0.2, 0.25) is 5.02 Å². The van der Waals surface area contributed by atoms with Gasteiger partial charge in [-0.1, -0.05) is 37.6 Å². The summed E-state index contributed by atoms with van der Waals surface area (Å²) < 4.78 is 0. The number of guanidine groups is 1. The largest absolute Gasteiger partial charge is 0.355 e. The minimum atomic E-state index is 0.0247. The van der Waals surface area contributed by atoms with Crippen molar-refractivity contribution in [2.45, 2.75) is 19.3 Å². The molecule has 2 rings (SSSR count). The monoisotopic (exact) mass is 265 g/mol. The lowest BCUT2D eigenvalue weighted by molar-refractivity contribution is 0.481. The standard InChI is InChI=1S/C14H20ClN3/c1-14(2,11-5-4-6-12(15)9-11)10-17-13-16-7-8-18(13)3/h4-6,9H,7-8,10H2,1-3H3,(H,16,17). The molecule has 0 spiro atoms. The molecule has 1 N–H and O–H groups in total. The maximum absolute atomic E-state index is 6.05. The second kappa shape index (κ2) is 5.19. The van der Waals surface area contributed by atoms with Crippen LogP contribution >= 0.6 is 11.6 Å². The molecule has 4 heteroatoms. The lowest BCUT2D eigenvalue weighted by Gasteiger charge is -2.27. The average Bonchev–Trinajstić information content (AvgIpc) is 2.72. The van der Waals surface area contributed by atoms with Gasteiger partial charge in [0.1, 0.15) is 0 Å². The van der Waals surface area contributed by atoms with Gasteiger partial charge in [-0.15, -0.1) is 0 Å². The number of hydrogen-bond acceptors (Lipinski definition) is 3. The van der Waals surface area contributed by atoms with Gasteiger partial charge in [-0.25, -0.2) is 0 Å². The number of hydrogen-bond donors (Lipinski definition) is 1. The molecular formula is C14H20ClN3. The van der Waals surface area contributed by atoms with E-state index in [0.717, 1.165) is 30.6 Å². The van der Waals surface area contributed by atoms with E-state index in [1.165, 1.54) is 5.56 Å². The Hall–Kier alpha value is -1.22. The first-order valence-corrected chi connectivity index (χ1v) is 6.62. The zero-order valence-electron chi connectivity index (χ0n) is 11.2. The first-order chi connectivity index (χ1) is 8.49. The van der Waals surface area contributed by atoms with Crippen LogP contribution in [0.1, 0.15) is 19.4 Å². The molecule has 0 amide bonds. The molecule has 0 aromatic heterocycles. The summed E-state index contributed by atoms with van der Waals surface area (Å²) in [5, 5.41) is 4.21. The van der Waals surface area contributed by atoms with E-state index in [9.17, 15) is 0 Å². The third kappa shape index (κ3) is 2.96. The van der Waals surface area contributed by atoms with Gasteiger partial charge in [0.15, 0.2) is 5.96 Å². The minimum absolute atomic E-state index is 0.0247.